The normalized spacial score (nSPS) is 10.8. The molecule has 4 aromatic rings. The highest BCUT2D eigenvalue weighted by molar-refractivity contribution is 5.72. The van der Waals surface area contributed by atoms with Crippen molar-refractivity contribution < 1.29 is 14.9 Å². The molecule has 0 bridgehead atoms. The zero-order valence-corrected chi connectivity index (χ0v) is 18.1. The van der Waals surface area contributed by atoms with Crippen LogP contribution in [0.3, 0.4) is 0 Å². The molecule has 1 aromatic heterocycles. The Bertz CT molecular complexity index is 1230. The van der Waals surface area contributed by atoms with Gasteiger partial charge >= 0.3 is 0 Å². The van der Waals surface area contributed by atoms with Gasteiger partial charge in [0.25, 0.3) is 0 Å². The van der Waals surface area contributed by atoms with Crippen molar-refractivity contribution in [2.45, 2.75) is 26.7 Å². The summed E-state index contributed by atoms with van der Waals surface area (Å²) >= 11 is 0. The molecule has 3 aromatic carbocycles. The molecule has 0 saturated carbocycles. The lowest BCUT2D eigenvalue weighted by molar-refractivity contribution is 0.307. The molecule has 0 radical (unpaired) electrons. The molecule has 0 aliphatic heterocycles. The summed E-state index contributed by atoms with van der Waals surface area (Å²) in [5, 5.41) is 21.2. The Balaban J connectivity index is 1.81. The van der Waals surface area contributed by atoms with E-state index in [0.717, 1.165) is 24.0 Å². The number of ether oxygens (including phenoxy) is 1. The molecule has 6 heteroatoms. The van der Waals surface area contributed by atoms with Crippen LogP contribution in [0.15, 0.2) is 66.7 Å². The molecule has 0 amide bonds. The van der Waals surface area contributed by atoms with Crippen molar-refractivity contribution in [2.75, 3.05) is 6.61 Å². The molecule has 0 saturated heterocycles. The van der Waals surface area contributed by atoms with E-state index in [1.807, 2.05) is 43.3 Å². The van der Waals surface area contributed by atoms with E-state index in [2.05, 4.69) is 21.9 Å². The first-order valence-electron chi connectivity index (χ1n) is 10.6. The van der Waals surface area contributed by atoms with Crippen LogP contribution in [-0.4, -0.2) is 31.8 Å². The molecular formula is C26H25N3O3. The quantitative estimate of drug-likeness (QED) is 0.364. The smallest absolute Gasteiger partial charge is 0.167 e. The molecule has 0 spiro atoms. The zero-order valence-electron chi connectivity index (χ0n) is 18.1. The van der Waals surface area contributed by atoms with Crippen LogP contribution >= 0.6 is 0 Å². The number of aromatic nitrogens is 3. The van der Waals surface area contributed by atoms with Crippen molar-refractivity contribution in [2.24, 2.45) is 0 Å². The van der Waals surface area contributed by atoms with E-state index in [4.69, 9.17) is 4.74 Å². The van der Waals surface area contributed by atoms with E-state index >= 15 is 0 Å². The maximum absolute atomic E-state index is 10.7. The number of rotatable bonds is 7. The molecular weight excluding hydrogens is 402 g/mol. The first-order valence-corrected chi connectivity index (χ1v) is 10.6. The highest BCUT2D eigenvalue weighted by atomic mass is 16.5. The highest BCUT2D eigenvalue weighted by Crippen LogP contribution is 2.34. The summed E-state index contributed by atoms with van der Waals surface area (Å²) in [6.45, 7) is 4.59. The van der Waals surface area contributed by atoms with Crippen molar-refractivity contribution >= 4 is 0 Å². The lowest BCUT2D eigenvalue weighted by Gasteiger charge is -2.11. The lowest BCUT2D eigenvalue weighted by Crippen LogP contribution is -2.01. The average molecular weight is 428 g/mol. The minimum absolute atomic E-state index is 0.0169. The van der Waals surface area contributed by atoms with Gasteiger partial charge in [0.15, 0.2) is 17.5 Å². The van der Waals surface area contributed by atoms with E-state index in [1.54, 1.807) is 30.3 Å². The van der Waals surface area contributed by atoms with Crippen molar-refractivity contribution in [3.05, 3.63) is 72.3 Å². The van der Waals surface area contributed by atoms with Crippen molar-refractivity contribution in [3.8, 4) is 51.4 Å². The standard InChI is InChI=1S/C26H25N3O3/c1-3-4-14-32-19-11-13-21(23(31)16-19)26-28-24(18-8-6-5-7-9-18)27-25(29-26)20-12-10-17(2)15-22(20)30/h5-13,15-16,30-31H,3-4,14H2,1-2H3. The van der Waals surface area contributed by atoms with Crippen molar-refractivity contribution in [1.29, 1.82) is 0 Å². The molecule has 0 aliphatic carbocycles. The molecule has 0 unspecified atom stereocenters. The average Bonchev–Trinajstić information content (AvgIpc) is 2.79. The van der Waals surface area contributed by atoms with Crippen LogP contribution < -0.4 is 4.74 Å². The van der Waals surface area contributed by atoms with E-state index < -0.39 is 0 Å². The summed E-state index contributed by atoms with van der Waals surface area (Å²) in [7, 11) is 0. The molecule has 1 heterocycles. The van der Waals surface area contributed by atoms with Gasteiger partial charge in [-0.25, -0.2) is 15.0 Å². The third-order valence-corrected chi connectivity index (χ3v) is 5.04. The van der Waals surface area contributed by atoms with E-state index in [0.29, 0.717) is 41.0 Å². The molecule has 0 fully saturated rings. The molecule has 0 aliphatic rings. The maximum Gasteiger partial charge on any atom is 0.167 e. The SMILES string of the molecule is CCCCOc1ccc(-c2nc(-c3ccccc3)nc(-c3ccc(C)cc3O)n2)c(O)c1. The van der Waals surface area contributed by atoms with Gasteiger partial charge in [-0.05, 0) is 43.2 Å². The predicted molar refractivity (Wildman–Crippen MR) is 125 cm³/mol. The van der Waals surface area contributed by atoms with Crippen LogP contribution in [0.4, 0.5) is 0 Å². The Hall–Kier alpha value is -3.93. The third-order valence-electron chi connectivity index (χ3n) is 5.04. The van der Waals surface area contributed by atoms with Crippen LogP contribution in [0.5, 0.6) is 17.2 Å². The predicted octanol–water partition coefficient (Wildman–Crippen LogP) is 5.77. The van der Waals surface area contributed by atoms with Crippen LogP contribution in [-0.2, 0) is 0 Å². The Morgan fingerprint density at radius 1 is 0.750 bits per heavy atom. The summed E-state index contributed by atoms with van der Waals surface area (Å²) in [6.07, 6.45) is 1.98. The highest BCUT2D eigenvalue weighted by Gasteiger charge is 2.17. The second-order valence-electron chi connectivity index (χ2n) is 7.57. The first kappa shape index (κ1) is 21.3. The van der Waals surface area contributed by atoms with Gasteiger partial charge in [0.2, 0.25) is 0 Å². The van der Waals surface area contributed by atoms with Crippen molar-refractivity contribution in [1.82, 2.24) is 15.0 Å². The van der Waals surface area contributed by atoms with E-state index in [9.17, 15) is 10.2 Å². The van der Waals surface area contributed by atoms with Gasteiger partial charge in [-0.3, -0.25) is 0 Å². The fraction of sp³-hybridized carbons (Fsp3) is 0.192. The molecule has 4 rings (SSSR count). The van der Waals surface area contributed by atoms with Gasteiger partial charge in [0.05, 0.1) is 17.7 Å². The van der Waals surface area contributed by atoms with E-state index in [-0.39, 0.29) is 11.5 Å². The van der Waals surface area contributed by atoms with Gasteiger partial charge in [-0.15, -0.1) is 0 Å². The molecule has 0 atom stereocenters. The summed E-state index contributed by atoms with van der Waals surface area (Å²) in [5.41, 5.74) is 2.69. The van der Waals surface area contributed by atoms with Gasteiger partial charge < -0.3 is 14.9 Å². The summed E-state index contributed by atoms with van der Waals surface area (Å²) in [6, 6.07) is 20.0. The zero-order chi connectivity index (χ0) is 22.5. The number of phenols is 2. The minimum Gasteiger partial charge on any atom is -0.507 e. The maximum atomic E-state index is 10.7. The third kappa shape index (κ3) is 4.70. The number of aromatic hydroxyl groups is 2. The fourth-order valence-corrected chi connectivity index (χ4v) is 3.29. The number of phenolic OH excluding ortho intramolecular Hbond substituents is 2. The Morgan fingerprint density at radius 3 is 2.00 bits per heavy atom. The summed E-state index contributed by atoms with van der Waals surface area (Å²) in [5.74, 6) is 1.79. The molecule has 32 heavy (non-hydrogen) atoms. The Kier molecular flexibility index (Phi) is 6.31. The summed E-state index contributed by atoms with van der Waals surface area (Å²) in [4.78, 5) is 13.8. The Morgan fingerprint density at radius 2 is 1.38 bits per heavy atom. The number of unbranched alkanes of at least 4 members (excludes halogenated alkanes) is 1. The number of nitrogens with zero attached hydrogens (tertiary/aromatic N) is 3. The molecule has 2 N–H and O–H groups in total. The largest absolute Gasteiger partial charge is 0.507 e. The molecule has 162 valence electrons. The van der Waals surface area contributed by atoms with Gasteiger partial charge in [0.1, 0.15) is 17.2 Å². The number of hydrogen-bond donors (Lipinski definition) is 2. The lowest BCUT2D eigenvalue weighted by atomic mass is 10.1. The molecule has 6 nitrogen and oxygen atoms in total. The first-order chi connectivity index (χ1) is 15.5. The number of aryl methyl sites for hydroxylation is 1. The van der Waals surface area contributed by atoms with Gasteiger partial charge in [-0.1, -0.05) is 49.7 Å². The second-order valence-corrected chi connectivity index (χ2v) is 7.57. The van der Waals surface area contributed by atoms with E-state index in [1.165, 1.54) is 0 Å². The minimum atomic E-state index is 0.0169. The number of hydrogen-bond acceptors (Lipinski definition) is 6. The van der Waals surface area contributed by atoms with Crippen LogP contribution in [0.1, 0.15) is 25.3 Å². The Labute approximate surface area is 187 Å². The van der Waals surface area contributed by atoms with Crippen molar-refractivity contribution in [3.63, 3.8) is 0 Å². The van der Waals surface area contributed by atoms with Gasteiger partial charge in [-0.2, -0.15) is 0 Å². The second kappa shape index (κ2) is 9.47. The van der Waals surface area contributed by atoms with Crippen LogP contribution in [0, 0.1) is 6.92 Å². The number of benzene rings is 3. The topological polar surface area (TPSA) is 88.4 Å². The summed E-state index contributed by atoms with van der Waals surface area (Å²) < 4.78 is 5.68. The fourth-order valence-electron chi connectivity index (χ4n) is 3.29. The van der Waals surface area contributed by atoms with Crippen LogP contribution in [0.2, 0.25) is 0 Å². The van der Waals surface area contributed by atoms with Gasteiger partial charge in [0, 0.05) is 11.6 Å². The monoisotopic (exact) mass is 427 g/mol. The van der Waals surface area contributed by atoms with Crippen LogP contribution in [0.25, 0.3) is 34.2 Å².